The second-order valence-corrected chi connectivity index (χ2v) is 6.66. The first kappa shape index (κ1) is 24.7. The lowest BCUT2D eigenvalue weighted by atomic mass is 10.0. The molecule has 0 saturated carbocycles. The van der Waals surface area contributed by atoms with Gasteiger partial charge in [-0.25, -0.2) is 29.9 Å². The highest BCUT2D eigenvalue weighted by Gasteiger charge is 2.07. The molecule has 0 unspecified atom stereocenters. The minimum atomic E-state index is 0.701. The van der Waals surface area contributed by atoms with E-state index in [0.717, 1.165) is 45.6 Å². The van der Waals surface area contributed by atoms with E-state index >= 15 is 0 Å². The molecule has 2 aromatic carbocycles. The normalized spacial score (nSPS) is 9.88. The lowest BCUT2D eigenvalue weighted by Crippen LogP contribution is -1.99. The van der Waals surface area contributed by atoms with Gasteiger partial charge in [-0.15, -0.1) is 0 Å². The third kappa shape index (κ3) is 6.23. The maximum absolute atomic E-state index is 4.42. The molecule has 0 aliphatic rings. The Kier molecular flexibility index (Phi) is 9.08. The lowest BCUT2D eigenvalue weighted by molar-refractivity contribution is 0.928. The molecule has 0 bridgehead atoms. The minimum Gasteiger partial charge on any atom is -0.219 e. The monoisotopic (exact) mass is 428 g/mol. The van der Waals surface area contributed by atoms with Crippen LogP contribution in [0.15, 0.2) is 48.5 Å². The summed E-state index contributed by atoms with van der Waals surface area (Å²) in [4.78, 5) is 26.2. The van der Waals surface area contributed by atoms with Gasteiger partial charge >= 0.3 is 0 Å². The van der Waals surface area contributed by atoms with Gasteiger partial charge in [-0.1, -0.05) is 76.2 Å². The number of hydrogen-bond donors (Lipinski definition) is 0. The van der Waals surface area contributed by atoms with Crippen molar-refractivity contribution in [2.45, 2.75) is 55.4 Å². The molecule has 32 heavy (non-hydrogen) atoms. The average Bonchev–Trinajstić information content (AvgIpc) is 2.81. The summed E-state index contributed by atoms with van der Waals surface area (Å²) < 4.78 is 0. The summed E-state index contributed by atoms with van der Waals surface area (Å²) in [6, 6.07) is 16.5. The van der Waals surface area contributed by atoms with Crippen LogP contribution in [-0.4, -0.2) is 29.9 Å². The number of benzene rings is 2. The molecule has 4 aromatic rings. The van der Waals surface area contributed by atoms with Gasteiger partial charge in [-0.2, -0.15) is 0 Å². The van der Waals surface area contributed by atoms with E-state index in [2.05, 4.69) is 54.2 Å². The standard InChI is InChI=1S/C22H20N6.2C2H6/c1-13-23-14(2)26-21(25-13)19-9-5-17(6-10-19)18-7-11-20(12-8-18)22-27-15(3)24-16(4)28-22;2*1-2/h5-12H,1-4H3;2*1-2H3. The quantitative estimate of drug-likeness (QED) is 0.379. The topological polar surface area (TPSA) is 77.3 Å². The molecule has 0 aliphatic carbocycles. The van der Waals surface area contributed by atoms with Gasteiger partial charge < -0.3 is 0 Å². The highest BCUT2D eigenvalue weighted by atomic mass is 15.0. The molecule has 0 radical (unpaired) electrons. The molecule has 0 atom stereocenters. The van der Waals surface area contributed by atoms with Crippen molar-refractivity contribution in [2.24, 2.45) is 0 Å². The molecule has 2 aromatic heterocycles. The summed E-state index contributed by atoms with van der Waals surface area (Å²) in [6.45, 7) is 15.5. The summed E-state index contributed by atoms with van der Waals surface area (Å²) in [7, 11) is 0. The Bertz CT molecular complexity index is 1000. The Morgan fingerprint density at radius 2 is 0.562 bits per heavy atom. The van der Waals surface area contributed by atoms with Gasteiger partial charge in [0.25, 0.3) is 0 Å². The van der Waals surface area contributed by atoms with Gasteiger partial charge in [0, 0.05) is 11.1 Å². The average molecular weight is 429 g/mol. The van der Waals surface area contributed by atoms with Gasteiger partial charge in [0.15, 0.2) is 11.6 Å². The third-order valence-electron chi connectivity index (χ3n) is 4.34. The van der Waals surface area contributed by atoms with Crippen molar-refractivity contribution >= 4 is 0 Å². The van der Waals surface area contributed by atoms with E-state index in [-0.39, 0.29) is 0 Å². The van der Waals surface area contributed by atoms with Crippen LogP contribution in [0.4, 0.5) is 0 Å². The van der Waals surface area contributed by atoms with Gasteiger partial charge in [-0.05, 0) is 38.8 Å². The predicted molar refractivity (Wildman–Crippen MR) is 131 cm³/mol. The van der Waals surface area contributed by atoms with E-state index < -0.39 is 0 Å². The summed E-state index contributed by atoms with van der Waals surface area (Å²) in [5.41, 5.74) is 4.21. The van der Waals surface area contributed by atoms with Gasteiger partial charge in [0.1, 0.15) is 23.3 Å². The van der Waals surface area contributed by atoms with Crippen LogP contribution < -0.4 is 0 Å². The Morgan fingerprint density at radius 3 is 0.812 bits per heavy atom. The van der Waals surface area contributed by atoms with E-state index in [1.807, 2.05) is 79.7 Å². The van der Waals surface area contributed by atoms with Crippen LogP contribution in [0.2, 0.25) is 0 Å². The predicted octanol–water partition coefficient (Wildman–Crippen LogP) is 6.34. The molecular weight excluding hydrogens is 396 g/mol. The van der Waals surface area contributed by atoms with Crippen LogP contribution >= 0.6 is 0 Å². The van der Waals surface area contributed by atoms with Crippen LogP contribution in [0, 0.1) is 27.7 Å². The molecule has 166 valence electrons. The maximum atomic E-state index is 4.42. The lowest BCUT2D eigenvalue weighted by Gasteiger charge is -2.07. The Morgan fingerprint density at radius 1 is 0.344 bits per heavy atom. The number of aryl methyl sites for hydroxylation is 4. The molecule has 0 N–H and O–H groups in total. The fraction of sp³-hybridized carbons (Fsp3) is 0.308. The number of hydrogen-bond acceptors (Lipinski definition) is 6. The molecule has 0 saturated heterocycles. The first-order chi connectivity index (χ1) is 15.5. The first-order valence-corrected chi connectivity index (χ1v) is 11.1. The van der Waals surface area contributed by atoms with E-state index in [4.69, 9.17) is 0 Å². The van der Waals surface area contributed by atoms with E-state index in [9.17, 15) is 0 Å². The third-order valence-corrected chi connectivity index (χ3v) is 4.34. The highest BCUT2D eigenvalue weighted by molar-refractivity contribution is 5.70. The van der Waals surface area contributed by atoms with Crippen LogP contribution in [-0.2, 0) is 0 Å². The summed E-state index contributed by atoms with van der Waals surface area (Å²) in [6.07, 6.45) is 0. The zero-order chi connectivity index (χ0) is 23.7. The zero-order valence-corrected chi connectivity index (χ0v) is 20.3. The van der Waals surface area contributed by atoms with E-state index in [0.29, 0.717) is 11.6 Å². The molecule has 0 fully saturated rings. The van der Waals surface area contributed by atoms with Crippen molar-refractivity contribution in [2.75, 3.05) is 0 Å². The first-order valence-electron chi connectivity index (χ1n) is 11.1. The second kappa shape index (κ2) is 11.7. The second-order valence-electron chi connectivity index (χ2n) is 6.66. The fourth-order valence-corrected chi connectivity index (χ4v) is 3.11. The maximum Gasteiger partial charge on any atom is 0.163 e. The Balaban J connectivity index is 0.000000860. The van der Waals surface area contributed by atoms with Crippen molar-refractivity contribution in [3.05, 3.63) is 71.8 Å². The van der Waals surface area contributed by atoms with Crippen molar-refractivity contribution in [1.29, 1.82) is 0 Å². The largest absolute Gasteiger partial charge is 0.219 e. The van der Waals surface area contributed by atoms with Crippen LogP contribution in [0.25, 0.3) is 33.9 Å². The number of nitrogens with zero attached hydrogens (tertiary/aromatic N) is 6. The molecule has 4 rings (SSSR count). The van der Waals surface area contributed by atoms with Crippen molar-refractivity contribution < 1.29 is 0 Å². The number of aromatic nitrogens is 6. The van der Waals surface area contributed by atoms with Gasteiger partial charge in [0.2, 0.25) is 0 Å². The SMILES string of the molecule is CC.CC.Cc1nc(C)nc(-c2ccc(-c3ccc(-c4nc(C)nc(C)n4)cc3)cc2)n1. The Hall–Kier alpha value is -3.54. The van der Waals surface area contributed by atoms with Crippen LogP contribution in [0.3, 0.4) is 0 Å². The Labute approximate surface area is 191 Å². The van der Waals surface area contributed by atoms with E-state index in [1.165, 1.54) is 0 Å². The molecular formula is C26H32N6. The molecule has 2 heterocycles. The van der Waals surface area contributed by atoms with Crippen LogP contribution in [0.1, 0.15) is 51.0 Å². The summed E-state index contributed by atoms with van der Waals surface area (Å²) in [5.74, 6) is 4.31. The molecule has 0 aliphatic heterocycles. The highest BCUT2D eigenvalue weighted by Crippen LogP contribution is 2.25. The zero-order valence-electron chi connectivity index (χ0n) is 20.3. The molecule has 0 amide bonds. The van der Waals surface area contributed by atoms with Gasteiger partial charge in [0.05, 0.1) is 0 Å². The van der Waals surface area contributed by atoms with Gasteiger partial charge in [-0.3, -0.25) is 0 Å². The molecule has 0 spiro atoms. The van der Waals surface area contributed by atoms with Crippen molar-refractivity contribution in [1.82, 2.24) is 29.9 Å². The van der Waals surface area contributed by atoms with Crippen molar-refractivity contribution in [3.8, 4) is 33.9 Å². The number of rotatable bonds is 3. The molecule has 6 heteroatoms. The van der Waals surface area contributed by atoms with E-state index in [1.54, 1.807) is 0 Å². The summed E-state index contributed by atoms with van der Waals surface area (Å²) >= 11 is 0. The molecule has 6 nitrogen and oxygen atoms in total. The van der Waals surface area contributed by atoms with Crippen LogP contribution in [0.5, 0.6) is 0 Å². The smallest absolute Gasteiger partial charge is 0.163 e. The summed E-state index contributed by atoms with van der Waals surface area (Å²) in [5, 5.41) is 0. The fourth-order valence-electron chi connectivity index (χ4n) is 3.11. The minimum absolute atomic E-state index is 0.701. The van der Waals surface area contributed by atoms with Crippen molar-refractivity contribution in [3.63, 3.8) is 0 Å².